The Morgan fingerprint density at radius 3 is 2.43 bits per heavy atom. The molecule has 35 heavy (non-hydrogen) atoms. The van der Waals surface area contributed by atoms with Crippen molar-refractivity contribution in [1.82, 2.24) is 19.8 Å². The Hall–Kier alpha value is -4.14. The molecule has 9 heteroatoms. The zero-order valence-electron chi connectivity index (χ0n) is 19.1. The van der Waals surface area contributed by atoms with E-state index in [-0.39, 0.29) is 18.2 Å². The number of hydrogen-bond acceptors (Lipinski definition) is 5. The van der Waals surface area contributed by atoms with Crippen LogP contribution in [0.5, 0.6) is 0 Å². The molecular formula is C26H26N4O5. The van der Waals surface area contributed by atoms with Crippen molar-refractivity contribution in [3.05, 3.63) is 77.9 Å². The molecule has 1 saturated heterocycles. The highest BCUT2D eigenvalue weighted by atomic mass is 16.5. The number of carboxylic acids is 1. The van der Waals surface area contributed by atoms with Gasteiger partial charge in [-0.1, -0.05) is 48.5 Å². The number of ether oxygens (including phenoxy) is 1. The third-order valence-electron chi connectivity index (χ3n) is 6.63. The number of nitrogens with one attached hydrogen (secondary N) is 1. The topological polar surface area (TPSA) is 114 Å². The highest BCUT2D eigenvalue weighted by Gasteiger charge is 2.35. The van der Waals surface area contributed by atoms with Crippen LogP contribution in [-0.4, -0.2) is 63.3 Å². The average molecular weight is 475 g/mol. The number of aliphatic carboxylic acids is 1. The van der Waals surface area contributed by atoms with Crippen molar-refractivity contribution in [2.45, 2.75) is 31.3 Å². The number of carbonyl (C=O) groups is 3. The van der Waals surface area contributed by atoms with Gasteiger partial charge in [0.25, 0.3) is 5.91 Å². The fourth-order valence-corrected chi connectivity index (χ4v) is 4.94. The Balaban J connectivity index is 1.12. The van der Waals surface area contributed by atoms with Gasteiger partial charge in [-0.15, -0.1) is 0 Å². The molecular weight excluding hydrogens is 448 g/mol. The zero-order chi connectivity index (χ0) is 24.4. The quantitative estimate of drug-likeness (QED) is 0.544. The summed E-state index contributed by atoms with van der Waals surface area (Å²) in [6, 6.07) is 15.5. The van der Waals surface area contributed by atoms with Crippen LogP contribution in [0.2, 0.25) is 0 Å². The minimum Gasteiger partial charge on any atom is -0.480 e. The minimum atomic E-state index is -0.998. The normalized spacial score (nSPS) is 16.6. The summed E-state index contributed by atoms with van der Waals surface area (Å²) in [5, 5.41) is 12.0. The zero-order valence-corrected chi connectivity index (χ0v) is 19.1. The summed E-state index contributed by atoms with van der Waals surface area (Å²) < 4.78 is 7.21. The summed E-state index contributed by atoms with van der Waals surface area (Å²) in [5.74, 6) is -1.39. The molecule has 1 atom stereocenters. The van der Waals surface area contributed by atoms with Crippen LogP contribution in [0.25, 0.3) is 11.1 Å². The van der Waals surface area contributed by atoms with Crippen LogP contribution in [0.1, 0.15) is 40.4 Å². The van der Waals surface area contributed by atoms with Gasteiger partial charge in [-0.2, -0.15) is 0 Å². The summed E-state index contributed by atoms with van der Waals surface area (Å²) in [6.45, 7) is 1.34. The van der Waals surface area contributed by atoms with E-state index in [1.54, 1.807) is 10.8 Å². The number of carbonyl (C=O) groups excluding carboxylic acids is 2. The lowest BCUT2D eigenvalue weighted by Gasteiger charge is -2.20. The van der Waals surface area contributed by atoms with Gasteiger partial charge in [0.1, 0.15) is 18.3 Å². The van der Waals surface area contributed by atoms with E-state index >= 15 is 0 Å². The SMILES string of the molecule is O=C(NCCn1cnc(C(=O)N2CCC[C@H]2C(=O)O)c1)OCC1c2ccccc2-c2ccccc21. The van der Waals surface area contributed by atoms with E-state index in [0.29, 0.717) is 32.5 Å². The fraction of sp³-hybridized carbons (Fsp3) is 0.308. The predicted molar refractivity (Wildman–Crippen MR) is 127 cm³/mol. The average Bonchev–Trinajstić information content (AvgIpc) is 3.60. The number of nitrogens with zero attached hydrogens (tertiary/aromatic N) is 3. The summed E-state index contributed by atoms with van der Waals surface area (Å²) in [6.07, 6.45) is 3.67. The van der Waals surface area contributed by atoms with E-state index in [0.717, 1.165) is 11.1 Å². The molecule has 0 radical (unpaired) electrons. The summed E-state index contributed by atoms with van der Waals surface area (Å²) in [7, 11) is 0. The number of amides is 2. The van der Waals surface area contributed by atoms with Crippen LogP contribution in [-0.2, 0) is 16.1 Å². The monoisotopic (exact) mass is 474 g/mol. The largest absolute Gasteiger partial charge is 0.480 e. The lowest BCUT2D eigenvalue weighted by molar-refractivity contribution is -0.141. The van der Waals surface area contributed by atoms with Crippen molar-refractivity contribution in [1.29, 1.82) is 0 Å². The molecule has 2 heterocycles. The second kappa shape index (κ2) is 9.61. The van der Waals surface area contributed by atoms with E-state index in [1.165, 1.54) is 22.4 Å². The van der Waals surface area contributed by atoms with Crippen LogP contribution >= 0.6 is 0 Å². The predicted octanol–water partition coefficient (Wildman–Crippen LogP) is 3.11. The number of hydrogen-bond donors (Lipinski definition) is 2. The second-order valence-corrected chi connectivity index (χ2v) is 8.74. The van der Waals surface area contributed by atoms with Crippen molar-refractivity contribution in [3.63, 3.8) is 0 Å². The fourth-order valence-electron chi connectivity index (χ4n) is 4.94. The maximum atomic E-state index is 12.6. The molecule has 1 aromatic heterocycles. The first kappa shape index (κ1) is 22.6. The van der Waals surface area contributed by atoms with Gasteiger partial charge < -0.3 is 24.6 Å². The molecule has 2 aromatic carbocycles. The molecule has 2 amide bonds. The van der Waals surface area contributed by atoms with Gasteiger partial charge in [-0.05, 0) is 35.1 Å². The van der Waals surface area contributed by atoms with Gasteiger partial charge in [0.2, 0.25) is 0 Å². The van der Waals surface area contributed by atoms with Crippen LogP contribution in [0.15, 0.2) is 61.1 Å². The molecule has 5 rings (SSSR count). The smallest absolute Gasteiger partial charge is 0.407 e. The lowest BCUT2D eigenvalue weighted by atomic mass is 9.98. The number of rotatable bonds is 7. The Morgan fingerprint density at radius 2 is 1.74 bits per heavy atom. The van der Waals surface area contributed by atoms with Gasteiger partial charge in [-0.3, -0.25) is 4.79 Å². The minimum absolute atomic E-state index is 0.00409. The Morgan fingerprint density at radius 1 is 1.06 bits per heavy atom. The number of fused-ring (bicyclic) bond motifs is 3. The van der Waals surface area contributed by atoms with Crippen molar-refractivity contribution in [3.8, 4) is 11.1 Å². The van der Waals surface area contributed by atoms with Crippen LogP contribution in [0, 0.1) is 0 Å². The van der Waals surface area contributed by atoms with Crippen LogP contribution in [0.4, 0.5) is 4.79 Å². The molecule has 1 aliphatic carbocycles. The first-order chi connectivity index (χ1) is 17.0. The first-order valence-electron chi connectivity index (χ1n) is 11.7. The lowest BCUT2D eigenvalue weighted by Crippen LogP contribution is -2.40. The summed E-state index contributed by atoms with van der Waals surface area (Å²) in [5.41, 5.74) is 4.84. The molecule has 180 valence electrons. The summed E-state index contributed by atoms with van der Waals surface area (Å²) in [4.78, 5) is 41.8. The van der Waals surface area contributed by atoms with E-state index in [4.69, 9.17) is 4.74 Å². The molecule has 2 aliphatic rings. The van der Waals surface area contributed by atoms with Gasteiger partial charge >= 0.3 is 12.1 Å². The maximum absolute atomic E-state index is 12.6. The number of benzene rings is 2. The van der Waals surface area contributed by atoms with E-state index in [1.807, 2.05) is 24.3 Å². The number of alkyl carbamates (subject to hydrolysis) is 1. The van der Waals surface area contributed by atoms with Gasteiger partial charge in [0, 0.05) is 31.7 Å². The van der Waals surface area contributed by atoms with Crippen molar-refractivity contribution < 1.29 is 24.2 Å². The van der Waals surface area contributed by atoms with Gasteiger partial charge in [0.15, 0.2) is 0 Å². The second-order valence-electron chi connectivity index (χ2n) is 8.74. The Kier molecular flexibility index (Phi) is 6.22. The van der Waals surface area contributed by atoms with Crippen molar-refractivity contribution >= 4 is 18.0 Å². The van der Waals surface area contributed by atoms with Gasteiger partial charge in [-0.25, -0.2) is 14.6 Å². The number of imidazole rings is 1. The molecule has 2 N–H and O–H groups in total. The molecule has 3 aromatic rings. The third-order valence-corrected chi connectivity index (χ3v) is 6.63. The highest BCUT2D eigenvalue weighted by Crippen LogP contribution is 2.44. The van der Waals surface area contributed by atoms with E-state index in [9.17, 15) is 19.5 Å². The highest BCUT2D eigenvalue weighted by molar-refractivity contribution is 5.95. The first-order valence-corrected chi connectivity index (χ1v) is 11.7. The van der Waals surface area contributed by atoms with E-state index in [2.05, 4.69) is 34.6 Å². The molecule has 1 aliphatic heterocycles. The third kappa shape index (κ3) is 4.49. The van der Waals surface area contributed by atoms with Crippen molar-refractivity contribution in [2.24, 2.45) is 0 Å². The molecule has 0 spiro atoms. The van der Waals surface area contributed by atoms with Crippen molar-refractivity contribution in [2.75, 3.05) is 19.7 Å². The van der Waals surface area contributed by atoms with Crippen LogP contribution < -0.4 is 5.32 Å². The maximum Gasteiger partial charge on any atom is 0.407 e. The van der Waals surface area contributed by atoms with E-state index < -0.39 is 24.0 Å². The molecule has 0 saturated carbocycles. The Labute approximate surface area is 202 Å². The number of carboxylic acid groups (broad SMARTS) is 1. The molecule has 1 fully saturated rings. The number of aromatic nitrogens is 2. The molecule has 0 bridgehead atoms. The number of likely N-dealkylation sites (tertiary alicyclic amines) is 1. The summed E-state index contributed by atoms with van der Waals surface area (Å²) >= 11 is 0. The van der Waals surface area contributed by atoms with Crippen LogP contribution in [0.3, 0.4) is 0 Å². The Bertz CT molecular complexity index is 1220. The standard InChI is InChI=1S/C26H26N4O5/c31-24(30-12-5-10-23(30)25(32)33)22-14-29(16-28-22)13-11-27-26(34)35-15-21-19-8-3-1-6-17(19)18-7-2-4-9-20(18)21/h1-4,6-9,14,16,21,23H,5,10-13,15H2,(H,27,34)(H,32,33)/t23-/m0/s1. The molecule has 9 nitrogen and oxygen atoms in total. The van der Waals surface area contributed by atoms with Gasteiger partial charge in [0.05, 0.1) is 6.33 Å². The molecule has 0 unspecified atom stereocenters.